The maximum atomic E-state index is 13.6. The molecule has 1 amide bonds. The van der Waals surface area contributed by atoms with Gasteiger partial charge in [-0.2, -0.15) is 0 Å². The lowest BCUT2D eigenvalue weighted by atomic mass is 9.78. The molecule has 2 rings (SSSR count). The number of carbonyl (C=O) groups excluding carboxylic acids is 1. The molecule has 1 aromatic rings. The Morgan fingerprint density at radius 3 is 2.65 bits per heavy atom. The van der Waals surface area contributed by atoms with Gasteiger partial charge in [0.05, 0.1) is 11.1 Å². The maximum Gasteiger partial charge on any atom is 0.254 e. The van der Waals surface area contributed by atoms with E-state index in [0.29, 0.717) is 11.2 Å². The molecule has 0 spiro atoms. The maximum absolute atomic E-state index is 13.6. The van der Waals surface area contributed by atoms with Crippen LogP contribution in [0.15, 0.2) is 18.2 Å². The van der Waals surface area contributed by atoms with Crippen molar-refractivity contribution >= 4 is 21.8 Å². The van der Waals surface area contributed by atoms with Crippen LogP contribution in [-0.2, 0) is 0 Å². The monoisotopic (exact) mass is 345 g/mol. The molecule has 0 atom stereocenters. The van der Waals surface area contributed by atoms with Gasteiger partial charge in [-0.25, -0.2) is 8.78 Å². The molecule has 0 saturated heterocycles. The molecule has 1 N–H and O–H groups in total. The van der Waals surface area contributed by atoms with Crippen LogP contribution in [0.1, 0.15) is 43.0 Å². The number of hydrogen-bond donors (Lipinski definition) is 1. The molecule has 1 saturated carbocycles. The number of nitrogens with one attached hydrogen (secondary N) is 1. The Kier molecular flexibility index (Phi) is 4.78. The molecule has 1 fully saturated rings. The highest BCUT2D eigenvalue weighted by Gasteiger charge is 2.35. The van der Waals surface area contributed by atoms with E-state index in [0.717, 1.165) is 31.7 Å². The Morgan fingerprint density at radius 1 is 1.40 bits per heavy atom. The normalized spacial score (nSPS) is 26.3. The van der Waals surface area contributed by atoms with Crippen molar-refractivity contribution in [1.29, 1.82) is 0 Å². The molecule has 1 aliphatic rings. The van der Waals surface area contributed by atoms with Gasteiger partial charge in [0, 0.05) is 5.33 Å². The van der Waals surface area contributed by atoms with Crippen LogP contribution in [0.25, 0.3) is 0 Å². The van der Waals surface area contributed by atoms with E-state index >= 15 is 0 Å². The molecular formula is C15H18BrF2NO. The minimum Gasteiger partial charge on any atom is -0.346 e. The molecule has 0 radical (unpaired) electrons. The van der Waals surface area contributed by atoms with E-state index in [1.165, 1.54) is 12.1 Å². The average molecular weight is 346 g/mol. The minimum absolute atomic E-state index is 0.232. The van der Waals surface area contributed by atoms with E-state index in [1.807, 2.05) is 0 Å². The molecule has 2 nitrogen and oxygen atoms in total. The van der Waals surface area contributed by atoms with Crippen LogP contribution in [0.5, 0.6) is 0 Å². The van der Waals surface area contributed by atoms with E-state index in [9.17, 15) is 13.6 Å². The number of carbonyl (C=O) groups is 1. The number of halogens is 3. The quantitative estimate of drug-likeness (QED) is 0.823. The fourth-order valence-electron chi connectivity index (χ4n) is 2.59. The molecule has 0 unspecified atom stereocenters. The molecule has 1 aliphatic carbocycles. The summed E-state index contributed by atoms with van der Waals surface area (Å²) in [4.78, 5) is 12.2. The Balaban J connectivity index is 2.15. The van der Waals surface area contributed by atoms with Gasteiger partial charge in [-0.15, -0.1) is 0 Å². The molecule has 0 heterocycles. The van der Waals surface area contributed by atoms with Gasteiger partial charge in [0.15, 0.2) is 11.6 Å². The number of amides is 1. The van der Waals surface area contributed by atoms with Crippen molar-refractivity contribution < 1.29 is 13.6 Å². The Hall–Kier alpha value is -0.970. The van der Waals surface area contributed by atoms with Crippen LogP contribution in [0.3, 0.4) is 0 Å². The highest BCUT2D eigenvalue weighted by Crippen LogP contribution is 2.33. The third-order valence-corrected chi connectivity index (χ3v) is 5.14. The number of benzene rings is 1. The molecule has 1 aromatic carbocycles. The second-order valence-corrected chi connectivity index (χ2v) is 6.21. The van der Waals surface area contributed by atoms with Crippen molar-refractivity contribution in [2.24, 2.45) is 5.92 Å². The van der Waals surface area contributed by atoms with Crippen molar-refractivity contribution in [2.75, 3.05) is 5.33 Å². The van der Waals surface area contributed by atoms with Crippen molar-refractivity contribution in [3.63, 3.8) is 0 Å². The van der Waals surface area contributed by atoms with Gasteiger partial charge in [-0.3, -0.25) is 4.79 Å². The largest absolute Gasteiger partial charge is 0.346 e. The lowest BCUT2D eigenvalue weighted by Crippen LogP contribution is -2.52. The topological polar surface area (TPSA) is 29.1 Å². The summed E-state index contributed by atoms with van der Waals surface area (Å²) in [7, 11) is 0. The lowest BCUT2D eigenvalue weighted by Gasteiger charge is -2.39. The fourth-order valence-corrected chi connectivity index (χ4v) is 3.30. The van der Waals surface area contributed by atoms with E-state index in [-0.39, 0.29) is 11.1 Å². The van der Waals surface area contributed by atoms with Crippen LogP contribution in [0, 0.1) is 17.6 Å². The van der Waals surface area contributed by atoms with Crippen LogP contribution in [0.4, 0.5) is 8.78 Å². The summed E-state index contributed by atoms with van der Waals surface area (Å²) in [6.07, 6.45) is 3.75. The minimum atomic E-state index is -1.08. The molecule has 0 bridgehead atoms. The standard InChI is InChI=1S/C15H18BrF2NO/c1-10-5-7-15(9-16,8-6-10)19-14(20)11-3-2-4-12(17)13(11)18/h2-4,10H,5-9H2,1H3,(H,19,20). The number of hydrogen-bond acceptors (Lipinski definition) is 1. The summed E-state index contributed by atoms with van der Waals surface area (Å²) >= 11 is 3.44. The van der Waals surface area contributed by atoms with Crippen LogP contribution >= 0.6 is 15.9 Å². The zero-order valence-corrected chi connectivity index (χ0v) is 13.0. The van der Waals surface area contributed by atoms with Crippen molar-refractivity contribution in [1.82, 2.24) is 5.32 Å². The van der Waals surface area contributed by atoms with Gasteiger partial charge in [-0.05, 0) is 43.7 Å². The van der Waals surface area contributed by atoms with Crippen molar-refractivity contribution in [3.8, 4) is 0 Å². The van der Waals surface area contributed by atoms with Gasteiger partial charge in [0.2, 0.25) is 0 Å². The predicted molar refractivity (Wildman–Crippen MR) is 78.0 cm³/mol. The number of alkyl halides is 1. The predicted octanol–water partition coefficient (Wildman–Crippen LogP) is 4.04. The van der Waals surface area contributed by atoms with Gasteiger partial charge in [0.25, 0.3) is 5.91 Å². The first-order valence-corrected chi connectivity index (χ1v) is 7.92. The molecule has 0 aromatic heterocycles. The molecule has 5 heteroatoms. The molecular weight excluding hydrogens is 328 g/mol. The number of rotatable bonds is 3. The van der Waals surface area contributed by atoms with Crippen molar-refractivity contribution in [2.45, 2.75) is 38.1 Å². The van der Waals surface area contributed by atoms with Crippen LogP contribution in [0.2, 0.25) is 0 Å². The summed E-state index contributed by atoms with van der Waals surface area (Å²) in [6, 6.07) is 3.66. The van der Waals surface area contributed by atoms with Crippen LogP contribution < -0.4 is 5.32 Å². The van der Waals surface area contributed by atoms with Gasteiger partial charge in [0.1, 0.15) is 0 Å². The van der Waals surface area contributed by atoms with Gasteiger partial charge >= 0.3 is 0 Å². The Bertz CT molecular complexity index is 499. The Labute approximate surface area is 126 Å². The summed E-state index contributed by atoms with van der Waals surface area (Å²) in [5, 5.41) is 3.51. The first-order chi connectivity index (χ1) is 9.47. The first kappa shape index (κ1) is 15.4. The zero-order valence-electron chi connectivity index (χ0n) is 11.4. The lowest BCUT2D eigenvalue weighted by molar-refractivity contribution is 0.0869. The third-order valence-electron chi connectivity index (χ3n) is 4.06. The average Bonchev–Trinajstić information content (AvgIpc) is 2.44. The highest BCUT2D eigenvalue weighted by molar-refractivity contribution is 9.09. The van der Waals surface area contributed by atoms with E-state index in [1.54, 1.807) is 0 Å². The summed E-state index contributed by atoms with van der Waals surface area (Å²) in [6.45, 7) is 2.19. The van der Waals surface area contributed by atoms with Gasteiger partial charge < -0.3 is 5.32 Å². The highest BCUT2D eigenvalue weighted by atomic mass is 79.9. The fraction of sp³-hybridized carbons (Fsp3) is 0.533. The van der Waals surface area contributed by atoms with Crippen molar-refractivity contribution in [3.05, 3.63) is 35.4 Å². The summed E-state index contributed by atoms with van der Waals surface area (Å²) in [5.74, 6) is -1.98. The van der Waals surface area contributed by atoms with Crippen LogP contribution in [-0.4, -0.2) is 16.8 Å². The third kappa shape index (κ3) is 3.19. The van der Waals surface area contributed by atoms with E-state index in [2.05, 4.69) is 28.2 Å². The summed E-state index contributed by atoms with van der Waals surface area (Å²) in [5.41, 5.74) is -0.591. The second-order valence-electron chi connectivity index (χ2n) is 5.65. The Morgan fingerprint density at radius 2 is 2.05 bits per heavy atom. The zero-order chi connectivity index (χ0) is 14.8. The van der Waals surface area contributed by atoms with E-state index in [4.69, 9.17) is 0 Å². The smallest absolute Gasteiger partial charge is 0.254 e. The molecule has 20 heavy (non-hydrogen) atoms. The molecule has 110 valence electrons. The second kappa shape index (κ2) is 6.20. The van der Waals surface area contributed by atoms with E-state index < -0.39 is 17.5 Å². The van der Waals surface area contributed by atoms with Gasteiger partial charge in [-0.1, -0.05) is 28.9 Å². The first-order valence-electron chi connectivity index (χ1n) is 6.80. The SMILES string of the molecule is CC1CCC(CBr)(NC(=O)c2cccc(F)c2F)CC1. The summed E-state index contributed by atoms with van der Waals surface area (Å²) < 4.78 is 26.8. The molecule has 0 aliphatic heterocycles.